The zero-order chi connectivity index (χ0) is 8.23. The normalized spacial score (nSPS) is 35.3. The molecule has 2 aliphatic heterocycles. The SMILES string of the molecule is [CH]1SCC=CC1C1CC=CCO1. The summed E-state index contributed by atoms with van der Waals surface area (Å²) in [4.78, 5) is 0. The first-order chi connectivity index (χ1) is 5.97. The van der Waals surface area contributed by atoms with E-state index in [-0.39, 0.29) is 0 Å². The van der Waals surface area contributed by atoms with Crippen molar-refractivity contribution in [2.24, 2.45) is 5.92 Å². The first kappa shape index (κ1) is 8.39. The molecule has 0 aliphatic carbocycles. The molecule has 0 fully saturated rings. The Morgan fingerprint density at radius 3 is 2.92 bits per heavy atom. The summed E-state index contributed by atoms with van der Waals surface area (Å²) >= 11 is 1.88. The van der Waals surface area contributed by atoms with Crippen LogP contribution in [0.5, 0.6) is 0 Å². The summed E-state index contributed by atoms with van der Waals surface area (Å²) in [5, 5.41) is 0. The number of hydrogen-bond donors (Lipinski definition) is 0. The molecule has 2 heterocycles. The van der Waals surface area contributed by atoms with Crippen molar-refractivity contribution in [1.29, 1.82) is 0 Å². The largest absolute Gasteiger partial charge is 0.373 e. The van der Waals surface area contributed by atoms with E-state index in [9.17, 15) is 0 Å². The predicted octanol–water partition coefficient (Wildman–Crippen LogP) is 2.41. The number of ether oxygens (including phenoxy) is 1. The lowest BCUT2D eigenvalue weighted by Crippen LogP contribution is -2.25. The van der Waals surface area contributed by atoms with Gasteiger partial charge in [-0.15, -0.1) is 0 Å². The molecule has 0 saturated heterocycles. The van der Waals surface area contributed by atoms with E-state index in [0.717, 1.165) is 18.8 Å². The first-order valence-corrected chi connectivity index (χ1v) is 5.40. The minimum absolute atomic E-state index is 0.388. The lowest BCUT2D eigenvalue weighted by Gasteiger charge is -2.27. The van der Waals surface area contributed by atoms with Crippen LogP contribution in [0.1, 0.15) is 6.42 Å². The van der Waals surface area contributed by atoms with Gasteiger partial charge in [-0.1, -0.05) is 24.3 Å². The van der Waals surface area contributed by atoms with Crippen LogP contribution in [0, 0.1) is 11.7 Å². The maximum absolute atomic E-state index is 5.63. The summed E-state index contributed by atoms with van der Waals surface area (Å²) in [6, 6.07) is 0. The van der Waals surface area contributed by atoms with Gasteiger partial charge in [-0.2, -0.15) is 11.8 Å². The summed E-state index contributed by atoms with van der Waals surface area (Å²) in [7, 11) is 0. The highest BCUT2D eigenvalue weighted by Gasteiger charge is 2.21. The maximum Gasteiger partial charge on any atom is 0.0687 e. The predicted molar refractivity (Wildman–Crippen MR) is 52.9 cm³/mol. The summed E-state index contributed by atoms with van der Waals surface area (Å²) in [6.45, 7) is 0.785. The Morgan fingerprint density at radius 1 is 1.25 bits per heavy atom. The average Bonchev–Trinajstić information content (AvgIpc) is 2.21. The van der Waals surface area contributed by atoms with Crippen LogP contribution in [0.4, 0.5) is 0 Å². The Kier molecular flexibility index (Phi) is 2.90. The minimum Gasteiger partial charge on any atom is -0.373 e. The lowest BCUT2D eigenvalue weighted by molar-refractivity contribution is 0.0485. The Balaban J connectivity index is 1.94. The van der Waals surface area contributed by atoms with Gasteiger partial charge in [0.2, 0.25) is 0 Å². The Bertz CT molecular complexity index is 198. The molecule has 0 aromatic heterocycles. The third-order valence-corrected chi connectivity index (χ3v) is 3.07. The quantitative estimate of drug-likeness (QED) is 0.574. The second-order valence-electron chi connectivity index (χ2n) is 3.05. The third kappa shape index (κ3) is 1.93. The second kappa shape index (κ2) is 4.15. The summed E-state index contributed by atoms with van der Waals surface area (Å²) in [5.41, 5.74) is 0. The van der Waals surface area contributed by atoms with Gasteiger partial charge in [-0.3, -0.25) is 0 Å². The number of thioether (sulfide) groups is 1. The van der Waals surface area contributed by atoms with Crippen LogP contribution < -0.4 is 0 Å². The molecular formula is C10H13OS. The van der Waals surface area contributed by atoms with Gasteiger partial charge in [-0.05, 0) is 6.42 Å². The van der Waals surface area contributed by atoms with E-state index < -0.39 is 0 Å². The summed E-state index contributed by atoms with van der Waals surface area (Å²) < 4.78 is 5.63. The zero-order valence-corrected chi connectivity index (χ0v) is 7.80. The van der Waals surface area contributed by atoms with Gasteiger partial charge in [0.25, 0.3) is 0 Å². The molecule has 0 N–H and O–H groups in total. The lowest BCUT2D eigenvalue weighted by atomic mass is 9.99. The van der Waals surface area contributed by atoms with E-state index in [1.165, 1.54) is 0 Å². The van der Waals surface area contributed by atoms with Crippen molar-refractivity contribution in [2.45, 2.75) is 12.5 Å². The standard InChI is InChI=1S/C10H13OS/c1-2-6-11-10(5-1)9-4-3-7-12-8-9/h1-4,8-10H,5-7H2. The molecule has 2 atom stereocenters. The fourth-order valence-electron chi connectivity index (χ4n) is 1.51. The van der Waals surface area contributed by atoms with E-state index >= 15 is 0 Å². The highest BCUT2D eigenvalue weighted by molar-refractivity contribution is 8.01. The van der Waals surface area contributed by atoms with Gasteiger partial charge >= 0.3 is 0 Å². The van der Waals surface area contributed by atoms with Crippen LogP contribution in [0.15, 0.2) is 24.3 Å². The highest BCUT2D eigenvalue weighted by Crippen LogP contribution is 2.28. The van der Waals surface area contributed by atoms with Crippen molar-refractivity contribution < 1.29 is 4.74 Å². The molecule has 0 aromatic carbocycles. The van der Waals surface area contributed by atoms with E-state index in [1.807, 2.05) is 11.8 Å². The third-order valence-electron chi connectivity index (χ3n) is 2.17. The molecular weight excluding hydrogens is 168 g/mol. The van der Waals surface area contributed by atoms with Crippen LogP contribution in [0.2, 0.25) is 0 Å². The monoisotopic (exact) mass is 181 g/mol. The molecule has 65 valence electrons. The van der Waals surface area contributed by atoms with E-state index in [4.69, 9.17) is 4.74 Å². The van der Waals surface area contributed by atoms with Crippen LogP contribution >= 0.6 is 11.8 Å². The van der Waals surface area contributed by atoms with Crippen LogP contribution in [0.25, 0.3) is 0 Å². The Labute approximate surface area is 77.9 Å². The molecule has 0 bridgehead atoms. The molecule has 0 spiro atoms. The molecule has 2 unspecified atom stereocenters. The molecule has 0 amide bonds. The van der Waals surface area contributed by atoms with Crippen LogP contribution in [0.3, 0.4) is 0 Å². The van der Waals surface area contributed by atoms with Gasteiger partial charge in [0, 0.05) is 17.4 Å². The van der Waals surface area contributed by atoms with Crippen LogP contribution in [-0.4, -0.2) is 18.5 Å². The fraction of sp³-hybridized carbons (Fsp3) is 0.500. The number of rotatable bonds is 1. The van der Waals surface area contributed by atoms with Gasteiger partial charge in [-0.25, -0.2) is 0 Å². The molecule has 0 saturated carbocycles. The van der Waals surface area contributed by atoms with E-state index in [1.54, 1.807) is 0 Å². The van der Waals surface area contributed by atoms with Crippen LogP contribution in [-0.2, 0) is 4.74 Å². The molecule has 1 radical (unpaired) electrons. The van der Waals surface area contributed by atoms with Crippen molar-refractivity contribution >= 4 is 11.8 Å². The molecule has 2 heteroatoms. The zero-order valence-electron chi connectivity index (χ0n) is 6.98. The number of hydrogen-bond acceptors (Lipinski definition) is 2. The highest BCUT2D eigenvalue weighted by atomic mass is 32.2. The maximum atomic E-state index is 5.63. The van der Waals surface area contributed by atoms with Gasteiger partial charge in [0.05, 0.1) is 12.7 Å². The van der Waals surface area contributed by atoms with Crippen molar-refractivity contribution in [2.75, 3.05) is 12.4 Å². The second-order valence-corrected chi connectivity index (χ2v) is 3.99. The Hall–Kier alpha value is -0.210. The molecule has 2 aliphatic rings. The van der Waals surface area contributed by atoms with Crippen molar-refractivity contribution in [3.63, 3.8) is 0 Å². The van der Waals surface area contributed by atoms with Crippen molar-refractivity contribution in [3.05, 3.63) is 30.1 Å². The summed E-state index contributed by atoms with van der Waals surface area (Å²) in [5.74, 6) is 3.94. The molecule has 0 aromatic rings. The van der Waals surface area contributed by atoms with Crippen molar-refractivity contribution in [3.8, 4) is 0 Å². The average molecular weight is 181 g/mol. The molecule has 12 heavy (non-hydrogen) atoms. The van der Waals surface area contributed by atoms with Gasteiger partial charge in [0.1, 0.15) is 0 Å². The van der Waals surface area contributed by atoms with Crippen molar-refractivity contribution in [1.82, 2.24) is 0 Å². The van der Waals surface area contributed by atoms with E-state index in [0.29, 0.717) is 12.0 Å². The Morgan fingerprint density at radius 2 is 2.25 bits per heavy atom. The molecule has 1 nitrogen and oxygen atoms in total. The smallest absolute Gasteiger partial charge is 0.0687 e. The summed E-state index contributed by atoms with van der Waals surface area (Å²) in [6.07, 6.45) is 10.3. The minimum atomic E-state index is 0.388. The molecule has 2 rings (SSSR count). The van der Waals surface area contributed by atoms with E-state index in [2.05, 4.69) is 30.1 Å². The fourth-order valence-corrected chi connectivity index (χ4v) is 2.33. The first-order valence-electron chi connectivity index (χ1n) is 4.35. The topological polar surface area (TPSA) is 9.23 Å². The van der Waals surface area contributed by atoms with Gasteiger partial charge in [0.15, 0.2) is 0 Å². The van der Waals surface area contributed by atoms with Gasteiger partial charge < -0.3 is 4.74 Å².